The van der Waals surface area contributed by atoms with Gasteiger partial charge in [0.05, 0.1) is 21.3 Å². The summed E-state index contributed by atoms with van der Waals surface area (Å²) in [6.45, 7) is 0. The first-order chi connectivity index (χ1) is 10.7. The van der Waals surface area contributed by atoms with Crippen LogP contribution in [0.1, 0.15) is 17.5 Å². The number of carbonyl (C=O) groups excluding carboxylic acids is 1. The third kappa shape index (κ3) is 2.95. The van der Waals surface area contributed by atoms with E-state index >= 15 is 0 Å². The van der Waals surface area contributed by atoms with Gasteiger partial charge in [-0.25, -0.2) is 0 Å². The molecule has 1 aromatic rings. The van der Waals surface area contributed by atoms with Gasteiger partial charge in [0.15, 0.2) is 11.5 Å². The Labute approximate surface area is 131 Å². The molecule has 0 heterocycles. The van der Waals surface area contributed by atoms with Crippen molar-refractivity contribution in [2.24, 2.45) is 0 Å². The summed E-state index contributed by atoms with van der Waals surface area (Å²) in [5.41, 5.74) is 2.78. The number of benzene rings is 1. The van der Waals surface area contributed by atoms with Gasteiger partial charge in [0.1, 0.15) is 5.75 Å². The highest BCUT2D eigenvalue weighted by atomic mass is 16.5. The van der Waals surface area contributed by atoms with Gasteiger partial charge in [0, 0.05) is 13.2 Å². The van der Waals surface area contributed by atoms with E-state index in [1.807, 2.05) is 12.1 Å². The van der Waals surface area contributed by atoms with E-state index in [0.717, 1.165) is 29.5 Å². The summed E-state index contributed by atoms with van der Waals surface area (Å²) in [6, 6.07) is 1.97. The maximum absolute atomic E-state index is 5.60. The minimum absolute atomic E-state index is 0.00764. The zero-order valence-corrected chi connectivity index (χ0v) is 13.7. The van der Waals surface area contributed by atoms with E-state index in [1.165, 1.54) is 0 Å². The smallest absolute Gasteiger partial charge is 0.290 e. The van der Waals surface area contributed by atoms with Crippen LogP contribution in [0, 0.1) is 0 Å². The molecule has 1 unspecified atom stereocenters. The Kier molecular flexibility index (Phi) is 5.44. The van der Waals surface area contributed by atoms with E-state index in [9.17, 15) is 0 Å². The van der Waals surface area contributed by atoms with Gasteiger partial charge in [-0.15, -0.1) is 6.08 Å². The molecule has 0 spiro atoms. The minimum Gasteiger partial charge on any atom is -0.505 e. The maximum Gasteiger partial charge on any atom is 0.290 e. The fraction of sp³-hybridized carbons (Fsp3) is 0.471. The number of hydrogen-bond acceptors (Lipinski definition) is 4. The molecule has 0 aromatic heterocycles. The van der Waals surface area contributed by atoms with Crippen molar-refractivity contribution in [3.05, 3.63) is 23.3 Å². The molecule has 22 heavy (non-hydrogen) atoms. The van der Waals surface area contributed by atoms with Crippen LogP contribution in [0.4, 0.5) is 0 Å². The lowest BCUT2D eigenvalue weighted by atomic mass is 9.97. The van der Waals surface area contributed by atoms with Crippen LogP contribution in [0.3, 0.4) is 0 Å². The summed E-state index contributed by atoms with van der Waals surface area (Å²) in [5, 5.41) is 0. The summed E-state index contributed by atoms with van der Waals surface area (Å²) >= 11 is 0. The molecule has 0 saturated carbocycles. The van der Waals surface area contributed by atoms with Gasteiger partial charge in [-0.3, -0.25) is 0 Å². The van der Waals surface area contributed by atoms with Gasteiger partial charge < -0.3 is 23.4 Å². The summed E-state index contributed by atoms with van der Waals surface area (Å²) in [6.07, 6.45) is 6.58. The predicted molar refractivity (Wildman–Crippen MR) is 84.8 cm³/mol. The predicted octanol–water partition coefficient (Wildman–Crippen LogP) is 2.33. The van der Waals surface area contributed by atoms with Crippen molar-refractivity contribution in [1.82, 2.24) is 0 Å². The van der Waals surface area contributed by atoms with Crippen LogP contribution < -0.4 is 14.2 Å². The van der Waals surface area contributed by atoms with Crippen molar-refractivity contribution in [1.29, 1.82) is 0 Å². The normalized spacial score (nSPS) is 17.7. The van der Waals surface area contributed by atoms with Crippen molar-refractivity contribution >= 4 is 11.9 Å². The number of methoxy groups -OCH3 is 4. The highest BCUT2D eigenvalue weighted by Crippen LogP contribution is 2.45. The van der Waals surface area contributed by atoms with Crippen LogP contribution in [0.5, 0.6) is 17.2 Å². The molecule has 0 radical (unpaired) electrons. The molecule has 0 aliphatic heterocycles. The highest BCUT2D eigenvalue weighted by Gasteiger charge is 2.21. The standard InChI is InChI=1S/C17H22O5/c1-18-10-12-8-13(19-2)7-6-11-9-14(20-3)16(21-4)17(22-5)15(11)12/h8-9,13H,6-7H2,1-5H3. The number of fused-ring (bicyclic) bond motifs is 1. The monoisotopic (exact) mass is 306 g/mol. The van der Waals surface area contributed by atoms with Crippen molar-refractivity contribution < 1.29 is 23.4 Å². The summed E-state index contributed by atoms with van der Waals surface area (Å²) in [5.74, 6) is 1.82. The van der Waals surface area contributed by atoms with Gasteiger partial charge in [0.2, 0.25) is 7.11 Å². The second kappa shape index (κ2) is 7.31. The molecule has 1 atom stereocenters. The Morgan fingerprint density at radius 1 is 1.09 bits per heavy atom. The van der Waals surface area contributed by atoms with Crippen molar-refractivity contribution in [2.75, 3.05) is 35.5 Å². The van der Waals surface area contributed by atoms with Crippen molar-refractivity contribution in [3.63, 3.8) is 0 Å². The van der Waals surface area contributed by atoms with Gasteiger partial charge in [0.25, 0.3) is 6.29 Å². The minimum atomic E-state index is -0.00764. The Hall–Kier alpha value is -2.01. The van der Waals surface area contributed by atoms with Gasteiger partial charge in [-0.1, -0.05) is 16.7 Å². The molecule has 0 fully saturated rings. The molecule has 2 rings (SSSR count). The number of ether oxygens (including phenoxy) is 4. The van der Waals surface area contributed by atoms with Crippen LogP contribution >= 0.6 is 0 Å². The first kappa shape index (κ1) is 16.4. The van der Waals surface area contributed by atoms with Crippen LogP contribution in [-0.2, 0) is 15.6 Å². The molecular weight excluding hydrogens is 284 g/mol. The number of rotatable bonds is 5. The number of hydrogen-bond donors (Lipinski definition) is 0. The first-order valence-electron chi connectivity index (χ1n) is 7.05. The fourth-order valence-corrected chi connectivity index (χ4v) is 2.73. The molecule has 5 heteroatoms. The summed E-state index contributed by atoms with van der Waals surface area (Å²) < 4.78 is 27.1. The summed E-state index contributed by atoms with van der Waals surface area (Å²) in [4.78, 5) is 0. The Morgan fingerprint density at radius 3 is 2.36 bits per heavy atom. The second-order valence-corrected chi connectivity index (χ2v) is 4.88. The molecular formula is C17H22O5. The summed E-state index contributed by atoms with van der Waals surface area (Å²) in [7, 11) is 8.08. The van der Waals surface area contributed by atoms with Crippen LogP contribution in [0.2, 0.25) is 0 Å². The van der Waals surface area contributed by atoms with Crippen molar-refractivity contribution in [2.45, 2.75) is 18.9 Å². The van der Waals surface area contributed by atoms with Gasteiger partial charge >= 0.3 is 0 Å². The largest absolute Gasteiger partial charge is 0.505 e. The molecule has 0 bridgehead atoms. The molecule has 1 aliphatic carbocycles. The quantitative estimate of drug-likeness (QED) is 0.619. The average molecular weight is 306 g/mol. The maximum atomic E-state index is 5.60. The van der Waals surface area contributed by atoms with Crippen LogP contribution in [0.25, 0.3) is 5.57 Å². The lowest BCUT2D eigenvalue weighted by molar-refractivity contribution is 0.134. The highest BCUT2D eigenvalue weighted by molar-refractivity contribution is 6.10. The van der Waals surface area contributed by atoms with E-state index in [1.54, 1.807) is 35.5 Å². The fourth-order valence-electron chi connectivity index (χ4n) is 2.73. The lowest BCUT2D eigenvalue weighted by Gasteiger charge is -2.22. The first-order valence-corrected chi connectivity index (χ1v) is 7.05. The second-order valence-electron chi connectivity index (χ2n) is 4.88. The van der Waals surface area contributed by atoms with E-state index < -0.39 is 0 Å². The van der Waals surface area contributed by atoms with Gasteiger partial charge in [-0.2, -0.15) is 0 Å². The van der Waals surface area contributed by atoms with Gasteiger partial charge in [-0.05, 0) is 18.9 Å². The van der Waals surface area contributed by atoms with Crippen LogP contribution in [0.15, 0.2) is 12.1 Å². The molecule has 0 saturated heterocycles. The average Bonchev–Trinajstić information content (AvgIpc) is 2.72. The number of aryl methyl sites for hydroxylation is 1. The molecule has 0 amide bonds. The Morgan fingerprint density at radius 2 is 1.82 bits per heavy atom. The molecule has 0 N–H and O–H groups in total. The van der Waals surface area contributed by atoms with E-state index in [-0.39, 0.29) is 6.10 Å². The zero-order chi connectivity index (χ0) is 16.1. The molecule has 1 aromatic carbocycles. The number of allylic oxidation sites excluding steroid dienone is 1. The molecule has 5 nitrogen and oxygen atoms in total. The zero-order valence-electron chi connectivity index (χ0n) is 13.7. The van der Waals surface area contributed by atoms with Crippen molar-refractivity contribution in [3.8, 4) is 17.2 Å². The SMILES string of the molecule is COc1cc2c(c(OC)c1OC)C([C-]=[O+]C)=CC(OC)CC2. The van der Waals surface area contributed by atoms with E-state index in [0.29, 0.717) is 17.2 Å². The lowest BCUT2D eigenvalue weighted by Crippen LogP contribution is -2.07. The third-order valence-corrected chi connectivity index (χ3v) is 3.75. The molecule has 120 valence electrons. The topological polar surface area (TPSA) is 48.2 Å². The third-order valence-electron chi connectivity index (χ3n) is 3.75. The van der Waals surface area contributed by atoms with E-state index in [4.69, 9.17) is 23.4 Å². The molecule has 1 aliphatic rings. The van der Waals surface area contributed by atoms with Crippen LogP contribution in [-0.4, -0.2) is 47.9 Å². The Bertz CT molecular complexity index is 589. The Balaban J connectivity index is 2.73. The van der Waals surface area contributed by atoms with E-state index in [2.05, 4.69) is 6.29 Å².